The second kappa shape index (κ2) is 27.8. The summed E-state index contributed by atoms with van der Waals surface area (Å²) in [7, 11) is 0. The average molecular weight is 493 g/mol. The lowest BCUT2D eigenvalue weighted by atomic mass is 9.94. The molecule has 1 atom stereocenters. The summed E-state index contributed by atoms with van der Waals surface area (Å²) < 4.78 is 0. The molecule has 0 spiro atoms. The fourth-order valence-electron chi connectivity index (χ4n) is 5.03. The van der Waals surface area contributed by atoms with Crippen LogP contribution in [0.5, 0.6) is 0 Å². The van der Waals surface area contributed by atoms with Gasteiger partial charge in [0, 0.05) is 0 Å². The summed E-state index contributed by atoms with van der Waals surface area (Å²) in [5.74, 6) is 0.150. The topological polar surface area (TPSA) is 37.3 Å². The first-order valence-electron chi connectivity index (χ1n) is 16.0. The molecule has 0 aromatic carbocycles. The molecule has 1 unspecified atom stereocenters. The van der Waals surface area contributed by atoms with E-state index in [1.165, 1.54) is 135 Å². The highest BCUT2D eigenvalue weighted by Gasteiger charge is 2.16. The molecule has 0 saturated carbocycles. The Morgan fingerprint density at radius 3 is 1.29 bits per heavy atom. The van der Waals surface area contributed by atoms with Crippen LogP contribution in [0.25, 0.3) is 0 Å². The van der Waals surface area contributed by atoms with Gasteiger partial charge in [-0.1, -0.05) is 155 Å². The van der Waals surface area contributed by atoms with Gasteiger partial charge in [0.05, 0.1) is 5.92 Å². The Hall–Kier alpha value is -0.790. The summed E-state index contributed by atoms with van der Waals surface area (Å²) in [4.78, 5) is 11.6. The fourth-order valence-corrected chi connectivity index (χ4v) is 5.03. The third-order valence-corrected chi connectivity index (χ3v) is 7.50. The van der Waals surface area contributed by atoms with Crippen molar-refractivity contribution in [2.24, 2.45) is 11.8 Å². The molecule has 1 N–H and O–H groups in total. The maximum Gasteiger partial charge on any atom is 0.306 e. The SMILES string of the molecule is CCCCCCCCCCCCCCCCC(CCCCCC/C=C\CCCCC(C)C)C(=O)O. The standard InChI is InChI=1S/C33H64O2/c1-4-5-6-7-8-9-10-11-12-13-17-20-23-26-29-32(33(34)35)30-27-24-21-18-15-14-16-19-22-25-28-31(2)3/h14,16,31-32H,4-13,15,17-30H2,1-3H3,(H,34,35)/b16-14-. The molecule has 0 fully saturated rings. The minimum absolute atomic E-state index is 0.113. The van der Waals surface area contributed by atoms with Crippen molar-refractivity contribution in [3.05, 3.63) is 12.2 Å². The van der Waals surface area contributed by atoms with Crippen molar-refractivity contribution in [2.75, 3.05) is 0 Å². The molecule has 0 aliphatic rings. The zero-order valence-electron chi connectivity index (χ0n) is 24.3. The van der Waals surface area contributed by atoms with Crippen LogP contribution in [-0.4, -0.2) is 11.1 Å². The number of allylic oxidation sites excluding steroid dienone is 2. The Morgan fingerprint density at radius 2 is 0.886 bits per heavy atom. The van der Waals surface area contributed by atoms with E-state index >= 15 is 0 Å². The molecule has 0 aromatic heterocycles. The molecule has 208 valence electrons. The number of hydrogen-bond acceptors (Lipinski definition) is 1. The third-order valence-electron chi connectivity index (χ3n) is 7.50. The molecule has 0 aliphatic heterocycles. The predicted molar refractivity (Wildman–Crippen MR) is 156 cm³/mol. The minimum atomic E-state index is -0.569. The number of rotatable bonds is 28. The van der Waals surface area contributed by atoms with Crippen LogP contribution in [0.3, 0.4) is 0 Å². The first-order valence-corrected chi connectivity index (χ1v) is 16.0. The number of unbranched alkanes of at least 4 members (excludes halogenated alkanes) is 19. The maximum absolute atomic E-state index is 11.6. The molecule has 0 radical (unpaired) electrons. The number of carbonyl (C=O) groups is 1. The van der Waals surface area contributed by atoms with Crippen LogP contribution in [-0.2, 0) is 4.79 Å². The molecule has 0 saturated heterocycles. The quantitative estimate of drug-likeness (QED) is 0.0870. The van der Waals surface area contributed by atoms with Gasteiger partial charge < -0.3 is 5.11 Å². The van der Waals surface area contributed by atoms with Crippen molar-refractivity contribution in [2.45, 2.75) is 181 Å². The molecule has 2 nitrogen and oxygen atoms in total. The van der Waals surface area contributed by atoms with Gasteiger partial charge in [0.15, 0.2) is 0 Å². The van der Waals surface area contributed by atoms with E-state index in [4.69, 9.17) is 0 Å². The summed E-state index contributed by atoms with van der Waals surface area (Å²) in [6, 6.07) is 0. The van der Waals surface area contributed by atoms with Gasteiger partial charge in [-0.25, -0.2) is 0 Å². The monoisotopic (exact) mass is 492 g/mol. The van der Waals surface area contributed by atoms with Crippen molar-refractivity contribution in [1.29, 1.82) is 0 Å². The van der Waals surface area contributed by atoms with E-state index in [0.717, 1.165) is 31.6 Å². The van der Waals surface area contributed by atoms with E-state index in [2.05, 4.69) is 32.9 Å². The van der Waals surface area contributed by atoms with E-state index in [1.807, 2.05) is 0 Å². The Morgan fingerprint density at radius 1 is 0.543 bits per heavy atom. The van der Waals surface area contributed by atoms with Gasteiger partial charge in [0.2, 0.25) is 0 Å². The Labute approximate surface area is 221 Å². The van der Waals surface area contributed by atoms with Crippen molar-refractivity contribution < 1.29 is 9.90 Å². The summed E-state index contributed by atoms with van der Waals surface area (Å²) in [6.07, 6.45) is 36.6. The highest BCUT2D eigenvalue weighted by molar-refractivity contribution is 5.69. The van der Waals surface area contributed by atoms with Crippen LogP contribution in [0.1, 0.15) is 181 Å². The van der Waals surface area contributed by atoms with Crippen LogP contribution in [0.2, 0.25) is 0 Å². The van der Waals surface area contributed by atoms with Gasteiger partial charge in [-0.3, -0.25) is 4.79 Å². The van der Waals surface area contributed by atoms with Crippen molar-refractivity contribution in [3.8, 4) is 0 Å². The Balaban J connectivity index is 3.47. The normalized spacial score (nSPS) is 12.7. The van der Waals surface area contributed by atoms with Crippen molar-refractivity contribution in [1.82, 2.24) is 0 Å². The Bertz CT molecular complexity index is 454. The van der Waals surface area contributed by atoms with Gasteiger partial charge in [-0.05, 0) is 44.4 Å². The predicted octanol–water partition coefficient (Wildman–Crippen LogP) is 11.7. The fraction of sp³-hybridized carbons (Fsp3) is 0.909. The Kier molecular flexibility index (Phi) is 27.2. The van der Waals surface area contributed by atoms with Gasteiger partial charge in [0.25, 0.3) is 0 Å². The number of aliphatic carboxylic acids is 1. The summed E-state index contributed by atoms with van der Waals surface area (Å²) in [5, 5.41) is 9.56. The zero-order valence-corrected chi connectivity index (χ0v) is 24.3. The van der Waals surface area contributed by atoms with Crippen LogP contribution in [0, 0.1) is 11.8 Å². The number of carboxylic acids is 1. The third kappa shape index (κ3) is 27.6. The number of carboxylic acid groups (broad SMARTS) is 1. The largest absolute Gasteiger partial charge is 0.481 e. The van der Waals surface area contributed by atoms with E-state index in [0.29, 0.717) is 0 Å². The lowest BCUT2D eigenvalue weighted by Gasteiger charge is -2.12. The highest BCUT2D eigenvalue weighted by atomic mass is 16.4. The van der Waals surface area contributed by atoms with E-state index < -0.39 is 5.97 Å². The molecular formula is C33H64O2. The molecule has 0 heterocycles. The zero-order chi connectivity index (χ0) is 25.8. The van der Waals surface area contributed by atoms with Crippen LogP contribution in [0.4, 0.5) is 0 Å². The van der Waals surface area contributed by atoms with Crippen molar-refractivity contribution in [3.63, 3.8) is 0 Å². The van der Waals surface area contributed by atoms with E-state index in [-0.39, 0.29) is 5.92 Å². The molecular weight excluding hydrogens is 428 g/mol. The summed E-state index contributed by atoms with van der Waals surface area (Å²) >= 11 is 0. The van der Waals surface area contributed by atoms with E-state index in [9.17, 15) is 9.90 Å². The first kappa shape index (κ1) is 34.2. The van der Waals surface area contributed by atoms with Crippen LogP contribution >= 0.6 is 0 Å². The van der Waals surface area contributed by atoms with Crippen LogP contribution in [0.15, 0.2) is 12.2 Å². The molecule has 0 rings (SSSR count). The lowest BCUT2D eigenvalue weighted by molar-refractivity contribution is -0.142. The van der Waals surface area contributed by atoms with Gasteiger partial charge in [-0.2, -0.15) is 0 Å². The van der Waals surface area contributed by atoms with Gasteiger partial charge in [-0.15, -0.1) is 0 Å². The minimum Gasteiger partial charge on any atom is -0.481 e. The average Bonchev–Trinajstić information content (AvgIpc) is 2.83. The molecule has 0 amide bonds. The lowest BCUT2D eigenvalue weighted by Crippen LogP contribution is -2.13. The molecule has 0 aromatic rings. The van der Waals surface area contributed by atoms with Crippen LogP contribution < -0.4 is 0 Å². The van der Waals surface area contributed by atoms with Gasteiger partial charge >= 0.3 is 5.97 Å². The molecule has 35 heavy (non-hydrogen) atoms. The second-order valence-electron chi connectivity index (χ2n) is 11.6. The second-order valence-corrected chi connectivity index (χ2v) is 11.6. The number of hydrogen-bond donors (Lipinski definition) is 1. The van der Waals surface area contributed by atoms with Crippen molar-refractivity contribution >= 4 is 5.97 Å². The molecule has 0 bridgehead atoms. The van der Waals surface area contributed by atoms with Gasteiger partial charge in [0.1, 0.15) is 0 Å². The smallest absolute Gasteiger partial charge is 0.306 e. The highest BCUT2D eigenvalue weighted by Crippen LogP contribution is 2.20. The maximum atomic E-state index is 11.6. The summed E-state index contributed by atoms with van der Waals surface area (Å²) in [6.45, 7) is 6.88. The molecule has 0 aliphatic carbocycles. The first-order chi connectivity index (χ1) is 17.1. The van der Waals surface area contributed by atoms with E-state index in [1.54, 1.807) is 0 Å². The molecule has 2 heteroatoms. The summed E-state index contributed by atoms with van der Waals surface area (Å²) in [5.41, 5.74) is 0.